The van der Waals surface area contributed by atoms with Crippen LogP contribution in [0.2, 0.25) is 0 Å². The maximum absolute atomic E-state index is 13.0. The molecule has 3 rings (SSSR count). The van der Waals surface area contributed by atoms with Crippen LogP contribution in [-0.2, 0) is 4.79 Å². The lowest BCUT2D eigenvalue weighted by atomic mass is 10.1. The molecule has 0 aliphatic rings. The number of ether oxygens (including phenoxy) is 3. The Balaban J connectivity index is 1.82. The zero-order valence-corrected chi connectivity index (χ0v) is 19.4. The Hall–Kier alpha value is -3.06. The highest BCUT2D eigenvalue weighted by Gasteiger charge is 2.22. The van der Waals surface area contributed by atoms with Gasteiger partial charge < -0.3 is 14.2 Å². The Morgan fingerprint density at radius 2 is 1.77 bits per heavy atom. The Morgan fingerprint density at radius 1 is 1.06 bits per heavy atom. The van der Waals surface area contributed by atoms with Crippen LogP contribution in [0.5, 0.6) is 17.2 Å². The molecule has 2 aromatic carbocycles. The number of aromatic nitrogens is 1. The molecule has 0 radical (unpaired) electrons. The summed E-state index contributed by atoms with van der Waals surface area (Å²) in [5, 5.41) is 2.56. The summed E-state index contributed by atoms with van der Waals surface area (Å²) in [6, 6.07) is 13.2. The van der Waals surface area contributed by atoms with Crippen LogP contribution in [0.15, 0.2) is 47.8 Å². The predicted octanol–water partition coefficient (Wildman–Crippen LogP) is 5.20. The highest BCUT2D eigenvalue weighted by atomic mass is 32.1. The average molecular weight is 441 g/mol. The first-order valence-electron chi connectivity index (χ1n) is 10.1. The topological polar surface area (TPSA) is 60.9 Å². The molecule has 0 aliphatic heterocycles. The van der Waals surface area contributed by atoms with Crippen LogP contribution < -0.4 is 19.1 Å². The molecule has 1 amide bonds. The lowest BCUT2D eigenvalue weighted by Crippen LogP contribution is -2.37. The number of thiazole rings is 1. The van der Waals surface area contributed by atoms with Gasteiger partial charge in [-0.3, -0.25) is 9.69 Å². The molecule has 0 fully saturated rings. The molecule has 0 bridgehead atoms. The van der Waals surface area contributed by atoms with E-state index in [9.17, 15) is 4.79 Å². The van der Waals surface area contributed by atoms with E-state index < -0.39 is 0 Å². The number of benzene rings is 2. The Labute approximate surface area is 187 Å². The van der Waals surface area contributed by atoms with Crippen LogP contribution in [0, 0.1) is 12.8 Å². The summed E-state index contributed by atoms with van der Waals surface area (Å²) in [6.07, 6.45) is 0. The van der Waals surface area contributed by atoms with Crippen molar-refractivity contribution in [2.45, 2.75) is 20.8 Å². The molecule has 1 heterocycles. The lowest BCUT2D eigenvalue weighted by molar-refractivity contribution is -0.120. The number of hydrogen-bond donors (Lipinski definition) is 0. The van der Waals surface area contributed by atoms with Crippen LogP contribution in [-0.4, -0.2) is 38.3 Å². The summed E-state index contributed by atoms with van der Waals surface area (Å²) in [4.78, 5) is 19.4. The first kappa shape index (κ1) is 22.6. The number of anilines is 1. The van der Waals surface area contributed by atoms with Crippen molar-refractivity contribution >= 4 is 22.4 Å². The molecular formula is C24H28N2O4S. The summed E-state index contributed by atoms with van der Waals surface area (Å²) in [6.45, 7) is 6.66. The van der Waals surface area contributed by atoms with Gasteiger partial charge in [-0.05, 0) is 43.2 Å². The molecular weight excluding hydrogens is 412 g/mol. The van der Waals surface area contributed by atoms with Crippen LogP contribution in [0.4, 0.5) is 5.13 Å². The van der Waals surface area contributed by atoms with Gasteiger partial charge in [0, 0.05) is 17.5 Å². The normalized spacial score (nSPS) is 10.8. The third-order valence-electron chi connectivity index (χ3n) is 4.64. The third-order valence-corrected chi connectivity index (χ3v) is 5.50. The Kier molecular flexibility index (Phi) is 7.52. The Bertz CT molecular complexity index is 1010. The highest BCUT2D eigenvalue weighted by Crippen LogP contribution is 2.36. The lowest BCUT2D eigenvalue weighted by Gasteiger charge is -2.22. The second kappa shape index (κ2) is 10.3. The van der Waals surface area contributed by atoms with Gasteiger partial charge in [0.15, 0.2) is 11.7 Å². The number of nitrogens with zero attached hydrogens (tertiary/aromatic N) is 2. The van der Waals surface area contributed by atoms with E-state index in [1.165, 1.54) is 11.3 Å². The van der Waals surface area contributed by atoms with E-state index in [-0.39, 0.29) is 18.4 Å². The van der Waals surface area contributed by atoms with Crippen LogP contribution in [0.3, 0.4) is 0 Å². The minimum Gasteiger partial charge on any atom is -0.497 e. The van der Waals surface area contributed by atoms with Crippen molar-refractivity contribution in [3.8, 4) is 28.5 Å². The SMILES string of the molecule is COc1ccc(OC)c(-c2csc(N(CC(C)C)C(=O)COc3ccc(C)cc3)n2)c1. The largest absolute Gasteiger partial charge is 0.497 e. The quantitative estimate of drug-likeness (QED) is 0.457. The number of rotatable bonds is 9. The summed E-state index contributed by atoms with van der Waals surface area (Å²) >= 11 is 1.42. The van der Waals surface area contributed by atoms with Gasteiger partial charge >= 0.3 is 0 Å². The number of carbonyl (C=O) groups is 1. The first-order valence-corrected chi connectivity index (χ1v) is 11.0. The van der Waals surface area contributed by atoms with Crippen molar-refractivity contribution in [2.24, 2.45) is 5.92 Å². The van der Waals surface area contributed by atoms with Crippen LogP contribution in [0.1, 0.15) is 19.4 Å². The van der Waals surface area contributed by atoms with Gasteiger partial charge in [0.1, 0.15) is 17.2 Å². The van der Waals surface area contributed by atoms with Crippen molar-refractivity contribution in [1.29, 1.82) is 0 Å². The summed E-state index contributed by atoms with van der Waals surface area (Å²) in [7, 11) is 3.24. The van der Waals surface area contributed by atoms with Crippen LogP contribution in [0.25, 0.3) is 11.3 Å². The molecule has 0 saturated carbocycles. The van der Waals surface area contributed by atoms with Gasteiger partial charge in [-0.15, -0.1) is 11.3 Å². The van der Waals surface area contributed by atoms with Crippen molar-refractivity contribution < 1.29 is 19.0 Å². The molecule has 3 aromatic rings. The summed E-state index contributed by atoms with van der Waals surface area (Å²) in [5.41, 5.74) is 2.69. The van der Waals surface area contributed by atoms with Gasteiger partial charge in [-0.25, -0.2) is 4.98 Å². The van der Waals surface area contributed by atoms with Crippen molar-refractivity contribution in [3.63, 3.8) is 0 Å². The molecule has 164 valence electrons. The molecule has 0 atom stereocenters. The predicted molar refractivity (Wildman–Crippen MR) is 125 cm³/mol. The van der Waals surface area contributed by atoms with Gasteiger partial charge in [-0.1, -0.05) is 31.5 Å². The highest BCUT2D eigenvalue weighted by molar-refractivity contribution is 7.14. The van der Waals surface area contributed by atoms with Gasteiger partial charge in [-0.2, -0.15) is 0 Å². The standard InChI is InChI=1S/C24H28N2O4S/c1-16(2)13-26(23(27)14-30-18-8-6-17(3)7-9-18)24-25-21(15-31-24)20-12-19(28-4)10-11-22(20)29-5/h6-12,15-16H,13-14H2,1-5H3. The molecule has 7 heteroatoms. The maximum atomic E-state index is 13.0. The number of methoxy groups -OCH3 is 2. The molecule has 0 N–H and O–H groups in total. The summed E-state index contributed by atoms with van der Waals surface area (Å²) < 4.78 is 16.5. The fourth-order valence-electron chi connectivity index (χ4n) is 3.04. The average Bonchev–Trinajstić information content (AvgIpc) is 3.26. The molecule has 6 nitrogen and oxygen atoms in total. The number of hydrogen-bond acceptors (Lipinski definition) is 6. The van der Waals surface area contributed by atoms with Crippen LogP contribution >= 0.6 is 11.3 Å². The molecule has 31 heavy (non-hydrogen) atoms. The first-order chi connectivity index (χ1) is 14.9. The summed E-state index contributed by atoms with van der Waals surface area (Å²) in [5.74, 6) is 2.23. The molecule has 0 spiro atoms. The third kappa shape index (κ3) is 5.76. The zero-order valence-electron chi connectivity index (χ0n) is 18.5. The smallest absolute Gasteiger partial charge is 0.266 e. The van der Waals surface area contributed by atoms with Gasteiger partial charge in [0.2, 0.25) is 0 Å². The number of carbonyl (C=O) groups excluding carboxylic acids is 1. The fraction of sp³-hybridized carbons (Fsp3) is 0.333. The maximum Gasteiger partial charge on any atom is 0.266 e. The number of aryl methyl sites for hydroxylation is 1. The molecule has 0 saturated heterocycles. The minimum atomic E-state index is -0.132. The van der Waals surface area contributed by atoms with E-state index in [0.717, 1.165) is 16.8 Å². The van der Waals surface area contributed by atoms with E-state index in [4.69, 9.17) is 19.2 Å². The minimum absolute atomic E-state index is 0.0484. The van der Waals surface area contributed by atoms with Crippen molar-refractivity contribution in [3.05, 3.63) is 53.4 Å². The van der Waals surface area contributed by atoms with Gasteiger partial charge in [0.05, 0.1) is 19.9 Å². The van der Waals surface area contributed by atoms with Crippen molar-refractivity contribution in [1.82, 2.24) is 4.98 Å². The molecule has 0 unspecified atom stereocenters. The van der Waals surface area contributed by atoms with E-state index in [2.05, 4.69) is 13.8 Å². The zero-order chi connectivity index (χ0) is 22.4. The fourth-order valence-corrected chi connectivity index (χ4v) is 3.89. The number of amides is 1. The van der Waals surface area contributed by atoms with Crippen molar-refractivity contribution in [2.75, 3.05) is 32.3 Å². The second-order valence-corrected chi connectivity index (χ2v) is 8.42. The second-order valence-electron chi connectivity index (χ2n) is 7.58. The van der Waals surface area contributed by atoms with E-state index in [1.807, 2.05) is 54.8 Å². The monoisotopic (exact) mass is 440 g/mol. The van der Waals surface area contributed by atoms with Gasteiger partial charge in [0.25, 0.3) is 5.91 Å². The van der Waals surface area contributed by atoms with E-state index in [1.54, 1.807) is 19.1 Å². The molecule has 0 aliphatic carbocycles. The Morgan fingerprint density at radius 3 is 2.42 bits per heavy atom. The van der Waals surface area contributed by atoms with E-state index >= 15 is 0 Å². The molecule has 1 aromatic heterocycles. The van der Waals surface area contributed by atoms with E-state index in [0.29, 0.717) is 28.9 Å².